The predicted octanol–water partition coefficient (Wildman–Crippen LogP) is -0.323. The van der Waals surface area contributed by atoms with Crippen molar-refractivity contribution in [3.8, 4) is 0 Å². The van der Waals surface area contributed by atoms with Crippen molar-refractivity contribution >= 4 is 6.03 Å². The molecule has 0 aliphatic rings. The SMILES string of the molecule is CCNC(=O)NCCc1nncn1C. The fourth-order valence-corrected chi connectivity index (χ4v) is 1.04. The molecule has 14 heavy (non-hydrogen) atoms. The van der Waals surface area contributed by atoms with E-state index in [1.807, 2.05) is 18.5 Å². The largest absolute Gasteiger partial charge is 0.338 e. The van der Waals surface area contributed by atoms with E-state index >= 15 is 0 Å². The lowest BCUT2D eigenvalue weighted by Gasteiger charge is -2.04. The van der Waals surface area contributed by atoms with E-state index < -0.39 is 0 Å². The maximum Gasteiger partial charge on any atom is 0.314 e. The van der Waals surface area contributed by atoms with Crippen molar-refractivity contribution in [2.45, 2.75) is 13.3 Å². The first-order chi connectivity index (χ1) is 6.74. The fourth-order valence-electron chi connectivity index (χ4n) is 1.04. The van der Waals surface area contributed by atoms with E-state index in [1.165, 1.54) is 0 Å². The van der Waals surface area contributed by atoms with Crippen molar-refractivity contribution in [1.29, 1.82) is 0 Å². The second-order valence-electron chi connectivity index (χ2n) is 2.89. The minimum Gasteiger partial charge on any atom is -0.338 e. The molecule has 0 aliphatic heterocycles. The lowest BCUT2D eigenvalue weighted by Crippen LogP contribution is -2.36. The minimum atomic E-state index is -0.144. The van der Waals surface area contributed by atoms with Gasteiger partial charge in [-0.1, -0.05) is 0 Å². The number of rotatable bonds is 4. The Morgan fingerprint density at radius 2 is 2.36 bits per heavy atom. The molecule has 0 bridgehead atoms. The normalized spacial score (nSPS) is 9.86. The zero-order valence-corrected chi connectivity index (χ0v) is 8.45. The summed E-state index contributed by atoms with van der Waals surface area (Å²) in [6.45, 7) is 3.08. The Labute approximate surface area is 82.7 Å². The van der Waals surface area contributed by atoms with Gasteiger partial charge in [-0.25, -0.2) is 4.79 Å². The molecule has 1 heterocycles. The van der Waals surface area contributed by atoms with Gasteiger partial charge in [0.25, 0.3) is 0 Å². The summed E-state index contributed by atoms with van der Waals surface area (Å²) in [4.78, 5) is 11.0. The van der Waals surface area contributed by atoms with Gasteiger partial charge in [-0.2, -0.15) is 0 Å². The van der Waals surface area contributed by atoms with E-state index in [0.29, 0.717) is 19.5 Å². The van der Waals surface area contributed by atoms with Crippen LogP contribution in [0, 0.1) is 0 Å². The molecule has 0 unspecified atom stereocenters. The Balaban J connectivity index is 2.22. The molecular weight excluding hydrogens is 182 g/mol. The summed E-state index contributed by atoms with van der Waals surface area (Å²) >= 11 is 0. The van der Waals surface area contributed by atoms with Gasteiger partial charge in [0.15, 0.2) is 0 Å². The maximum absolute atomic E-state index is 11.0. The number of amides is 2. The van der Waals surface area contributed by atoms with Crippen LogP contribution in [-0.4, -0.2) is 33.9 Å². The number of nitrogens with one attached hydrogen (secondary N) is 2. The molecule has 0 atom stereocenters. The van der Waals surface area contributed by atoms with E-state index in [1.54, 1.807) is 6.33 Å². The van der Waals surface area contributed by atoms with Crippen LogP contribution in [0.4, 0.5) is 4.79 Å². The quantitative estimate of drug-likeness (QED) is 0.694. The third-order valence-corrected chi connectivity index (χ3v) is 1.78. The number of nitrogens with zero attached hydrogens (tertiary/aromatic N) is 3. The van der Waals surface area contributed by atoms with Crippen molar-refractivity contribution in [3.63, 3.8) is 0 Å². The number of hydrogen-bond acceptors (Lipinski definition) is 3. The molecule has 1 aromatic heterocycles. The second kappa shape index (κ2) is 5.21. The Kier molecular flexibility index (Phi) is 3.90. The molecular formula is C8H15N5O. The Hall–Kier alpha value is -1.59. The number of aryl methyl sites for hydroxylation is 1. The van der Waals surface area contributed by atoms with Crippen LogP contribution in [0.2, 0.25) is 0 Å². The Morgan fingerprint density at radius 1 is 1.57 bits per heavy atom. The Morgan fingerprint density at radius 3 is 2.93 bits per heavy atom. The third-order valence-electron chi connectivity index (χ3n) is 1.78. The van der Waals surface area contributed by atoms with Crippen LogP contribution in [0.3, 0.4) is 0 Å². The van der Waals surface area contributed by atoms with Crippen LogP contribution in [0.25, 0.3) is 0 Å². The summed E-state index contributed by atoms with van der Waals surface area (Å²) in [5.41, 5.74) is 0. The summed E-state index contributed by atoms with van der Waals surface area (Å²) in [6, 6.07) is -0.144. The highest BCUT2D eigenvalue weighted by Crippen LogP contribution is 1.90. The van der Waals surface area contributed by atoms with Gasteiger partial charge in [0.05, 0.1) is 0 Å². The first kappa shape index (κ1) is 10.5. The summed E-state index contributed by atoms with van der Waals surface area (Å²) in [5.74, 6) is 0.863. The number of hydrogen-bond donors (Lipinski definition) is 2. The molecule has 0 saturated heterocycles. The fraction of sp³-hybridized carbons (Fsp3) is 0.625. The molecule has 0 aromatic carbocycles. The monoisotopic (exact) mass is 197 g/mol. The number of urea groups is 1. The molecule has 6 nitrogen and oxygen atoms in total. The molecule has 1 aromatic rings. The number of aromatic nitrogens is 3. The first-order valence-corrected chi connectivity index (χ1v) is 4.58. The smallest absolute Gasteiger partial charge is 0.314 e. The van der Waals surface area contributed by atoms with Crippen LogP contribution in [0.15, 0.2) is 6.33 Å². The molecule has 0 fully saturated rings. The molecule has 78 valence electrons. The summed E-state index contributed by atoms with van der Waals surface area (Å²) < 4.78 is 1.83. The van der Waals surface area contributed by atoms with Gasteiger partial charge in [0, 0.05) is 26.6 Å². The molecule has 2 amide bonds. The maximum atomic E-state index is 11.0. The topological polar surface area (TPSA) is 71.8 Å². The highest BCUT2D eigenvalue weighted by atomic mass is 16.2. The molecule has 0 radical (unpaired) electrons. The van der Waals surface area contributed by atoms with Crippen LogP contribution in [-0.2, 0) is 13.5 Å². The zero-order valence-electron chi connectivity index (χ0n) is 8.45. The molecule has 1 rings (SSSR count). The molecule has 0 aliphatic carbocycles. The van der Waals surface area contributed by atoms with Crippen LogP contribution < -0.4 is 10.6 Å². The van der Waals surface area contributed by atoms with Crippen molar-refractivity contribution in [2.75, 3.05) is 13.1 Å². The van der Waals surface area contributed by atoms with E-state index in [4.69, 9.17) is 0 Å². The van der Waals surface area contributed by atoms with E-state index in [9.17, 15) is 4.79 Å². The van der Waals surface area contributed by atoms with Gasteiger partial charge >= 0.3 is 6.03 Å². The summed E-state index contributed by atoms with van der Waals surface area (Å²) in [7, 11) is 1.88. The lowest BCUT2D eigenvalue weighted by molar-refractivity contribution is 0.241. The Bertz CT molecular complexity index is 296. The molecule has 6 heteroatoms. The predicted molar refractivity (Wildman–Crippen MR) is 51.8 cm³/mol. The van der Waals surface area contributed by atoms with Gasteiger partial charge in [-0.15, -0.1) is 10.2 Å². The second-order valence-corrected chi connectivity index (χ2v) is 2.89. The van der Waals surface area contributed by atoms with Gasteiger partial charge in [-0.3, -0.25) is 0 Å². The highest BCUT2D eigenvalue weighted by Gasteiger charge is 2.01. The summed E-state index contributed by atoms with van der Waals surface area (Å²) in [6.07, 6.45) is 2.33. The highest BCUT2D eigenvalue weighted by molar-refractivity contribution is 5.73. The van der Waals surface area contributed by atoms with Gasteiger partial charge < -0.3 is 15.2 Å². The zero-order chi connectivity index (χ0) is 10.4. The van der Waals surface area contributed by atoms with Gasteiger partial charge in [0.2, 0.25) is 0 Å². The molecule has 0 saturated carbocycles. The van der Waals surface area contributed by atoms with Crippen LogP contribution in [0.5, 0.6) is 0 Å². The first-order valence-electron chi connectivity index (χ1n) is 4.58. The van der Waals surface area contributed by atoms with Crippen molar-refractivity contribution in [2.24, 2.45) is 7.05 Å². The number of carbonyl (C=O) groups excluding carboxylic acids is 1. The van der Waals surface area contributed by atoms with Crippen molar-refractivity contribution in [3.05, 3.63) is 12.2 Å². The van der Waals surface area contributed by atoms with Crippen molar-refractivity contribution < 1.29 is 4.79 Å². The van der Waals surface area contributed by atoms with E-state index in [2.05, 4.69) is 20.8 Å². The average molecular weight is 197 g/mol. The third kappa shape index (κ3) is 3.04. The molecule has 0 spiro atoms. The van der Waals surface area contributed by atoms with Crippen LogP contribution in [0.1, 0.15) is 12.7 Å². The average Bonchev–Trinajstić information content (AvgIpc) is 2.52. The molecule has 2 N–H and O–H groups in total. The van der Waals surface area contributed by atoms with Crippen molar-refractivity contribution in [1.82, 2.24) is 25.4 Å². The van der Waals surface area contributed by atoms with Crippen LogP contribution >= 0.6 is 0 Å². The standard InChI is InChI=1S/C8H15N5O/c1-3-9-8(14)10-5-4-7-12-11-6-13(7)2/h6H,3-5H2,1-2H3,(H2,9,10,14). The summed E-state index contributed by atoms with van der Waals surface area (Å²) in [5, 5.41) is 13.0. The van der Waals surface area contributed by atoms with Gasteiger partial charge in [0.1, 0.15) is 12.2 Å². The minimum absolute atomic E-state index is 0.144. The van der Waals surface area contributed by atoms with E-state index in [0.717, 1.165) is 5.82 Å². The lowest BCUT2D eigenvalue weighted by atomic mass is 10.4. The van der Waals surface area contributed by atoms with E-state index in [-0.39, 0.29) is 6.03 Å². The van der Waals surface area contributed by atoms with Gasteiger partial charge in [-0.05, 0) is 6.92 Å². The number of carbonyl (C=O) groups is 1.